The molecule has 23 heavy (non-hydrogen) atoms. The second-order valence-electron chi connectivity index (χ2n) is 5.42. The van der Waals surface area contributed by atoms with Gasteiger partial charge >= 0.3 is 0 Å². The molecule has 0 aromatic heterocycles. The van der Waals surface area contributed by atoms with Gasteiger partial charge in [-0.15, -0.1) is 0 Å². The monoisotopic (exact) mass is 294 g/mol. The molecule has 0 aliphatic carbocycles. The van der Waals surface area contributed by atoms with Gasteiger partial charge in [0, 0.05) is 5.56 Å². The highest BCUT2D eigenvalue weighted by molar-refractivity contribution is 5.75. The van der Waals surface area contributed by atoms with Crippen molar-refractivity contribution < 1.29 is 0 Å². The molecular weight excluding hydrogens is 276 g/mol. The van der Waals surface area contributed by atoms with E-state index in [2.05, 4.69) is 73.4 Å². The van der Waals surface area contributed by atoms with E-state index in [1.807, 2.05) is 36.4 Å². The second kappa shape index (κ2) is 7.29. The van der Waals surface area contributed by atoms with Crippen molar-refractivity contribution in [1.29, 1.82) is 0 Å². The van der Waals surface area contributed by atoms with E-state index in [1.54, 1.807) is 0 Å². The summed E-state index contributed by atoms with van der Waals surface area (Å²) in [6.07, 6.45) is 3.99. The number of allylic oxidation sites excluding steroid dienone is 1. The van der Waals surface area contributed by atoms with Crippen LogP contribution in [-0.4, -0.2) is 0 Å². The molecule has 0 nitrogen and oxygen atoms in total. The first-order valence-corrected chi connectivity index (χ1v) is 7.72. The summed E-state index contributed by atoms with van der Waals surface area (Å²) in [5.74, 6) is 6.25. The van der Waals surface area contributed by atoms with Crippen LogP contribution in [0, 0.1) is 18.8 Å². The zero-order valence-corrected chi connectivity index (χ0v) is 13.2. The van der Waals surface area contributed by atoms with Gasteiger partial charge in [0.2, 0.25) is 0 Å². The highest BCUT2D eigenvalue weighted by Crippen LogP contribution is 2.24. The number of hydrogen-bond acceptors (Lipinski definition) is 0. The lowest BCUT2D eigenvalue weighted by Crippen LogP contribution is -1.83. The van der Waals surface area contributed by atoms with Crippen LogP contribution in [0.2, 0.25) is 0 Å². The van der Waals surface area contributed by atoms with Crippen molar-refractivity contribution in [1.82, 2.24) is 0 Å². The molecular formula is C23H18. The van der Waals surface area contributed by atoms with Gasteiger partial charge in [0.1, 0.15) is 0 Å². The minimum absolute atomic E-state index is 1.03. The highest BCUT2D eigenvalue weighted by atomic mass is 14.0. The van der Waals surface area contributed by atoms with E-state index in [4.69, 9.17) is 0 Å². The molecule has 0 amide bonds. The Bertz CT molecular complexity index is 857. The minimum atomic E-state index is 1.03. The normalized spacial score (nSPS) is 10.3. The third kappa shape index (κ3) is 3.99. The smallest absolute Gasteiger partial charge is 0.0248 e. The van der Waals surface area contributed by atoms with Crippen molar-refractivity contribution in [2.45, 2.75) is 6.92 Å². The molecule has 0 unspecified atom stereocenters. The third-order valence-electron chi connectivity index (χ3n) is 3.66. The van der Waals surface area contributed by atoms with Crippen LogP contribution in [0.1, 0.15) is 16.7 Å². The number of aryl methyl sites for hydroxylation is 1. The Labute approximate surface area is 138 Å². The topological polar surface area (TPSA) is 0 Å². The van der Waals surface area contributed by atoms with E-state index >= 15 is 0 Å². The molecule has 0 heteroatoms. The predicted octanol–water partition coefficient (Wildman–Crippen LogP) is 5.73. The Kier molecular flexibility index (Phi) is 4.72. The van der Waals surface area contributed by atoms with Crippen molar-refractivity contribution in [2.75, 3.05) is 0 Å². The van der Waals surface area contributed by atoms with Gasteiger partial charge in [-0.2, -0.15) is 0 Å². The van der Waals surface area contributed by atoms with Crippen LogP contribution in [-0.2, 0) is 0 Å². The van der Waals surface area contributed by atoms with Gasteiger partial charge in [-0.1, -0.05) is 84.1 Å². The van der Waals surface area contributed by atoms with Crippen LogP contribution in [0.5, 0.6) is 0 Å². The first-order chi connectivity index (χ1) is 11.3. The van der Waals surface area contributed by atoms with Gasteiger partial charge in [0.15, 0.2) is 0 Å². The van der Waals surface area contributed by atoms with Crippen molar-refractivity contribution >= 4 is 6.08 Å². The molecule has 0 aliphatic rings. The average Bonchev–Trinajstić information content (AvgIpc) is 2.61. The van der Waals surface area contributed by atoms with Gasteiger partial charge in [-0.25, -0.2) is 0 Å². The van der Waals surface area contributed by atoms with E-state index in [0.717, 1.165) is 5.56 Å². The van der Waals surface area contributed by atoms with Crippen molar-refractivity contribution in [2.24, 2.45) is 0 Å². The zero-order valence-electron chi connectivity index (χ0n) is 13.2. The Morgan fingerprint density at radius 2 is 1.43 bits per heavy atom. The van der Waals surface area contributed by atoms with E-state index in [9.17, 15) is 0 Å². The van der Waals surface area contributed by atoms with Crippen molar-refractivity contribution in [3.05, 3.63) is 102 Å². The van der Waals surface area contributed by atoms with Crippen LogP contribution in [0.3, 0.4) is 0 Å². The fourth-order valence-electron chi connectivity index (χ4n) is 2.42. The molecule has 0 saturated heterocycles. The van der Waals surface area contributed by atoms with Gasteiger partial charge in [-0.05, 0) is 47.9 Å². The molecule has 3 aromatic rings. The van der Waals surface area contributed by atoms with Gasteiger partial charge < -0.3 is 0 Å². The summed E-state index contributed by atoms with van der Waals surface area (Å²) in [6.45, 7) is 2.11. The van der Waals surface area contributed by atoms with E-state index in [-0.39, 0.29) is 0 Å². The molecule has 3 rings (SSSR count). The first kappa shape index (κ1) is 14.9. The first-order valence-electron chi connectivity index (χ1n) is 7.72. The molecule has 0 saturated carbocycles. The van der Waals surface area contributed by atoms with Gasteiger partial charge in [-0.3, -0.25) is 0 Å². The zero-order chi connectivity index (χ0) is 15.9. The summed E-state index contributed by atoms with van der Waals surface area (Å²) in [5, 5.41) is 0. The van der Waals surface area contributed by atoms with Crippen molar-refractivity contribution in [3.8, 4) is 23.0 Å². The van der Waals surface area contributed by atoms with Gasteiger partial charge in [0.25, 0.3) is 0 Å². The Hall–Kier alpha value is -3.04. The Morgan fingerprint density at radius 1 is 0.739 bits per heavy atom. The summed E-state index contributed by atoms with van der Waals surface area (Å²) in [7, 11) is 0. The predicted molar refractivity (Wildman–Crippen MR) is 99.0 cm³/mol. The second-order valence-corrected chi connectivity index (χ2v) is 5.42. The summed E-state index contributed by atoms with van der Waals surface area (Å²) in [4.78, 5) is 0. The molecule has 0 bridgehead atoms. The molecule has 110 valence electrons. The molecule has 0 aliphatic heterocycles. The van der Waals surface area contributed by atoms with Crippen molar-refractivity contribution in [3.63, 3.8) is 0 Å². The molecule has 3 aromatic carbocycles. The quantitative estimate of drug-likeness (QED) is 0.530. The van der Waals surface area contributed by atoms with E-state index in [0.29, 0.717) is 0 Å². The molecule has 0 spiro atoms. The fraction of sp³-hybridized carbons (Fsp3) is 0.0435. The number of benzene rings is 3. The lowest BCUT2D eigenvalue weighted by molar-refractivity contribution is 1.47. The molecule has 0 N–H and O–H groups in total. The standard InChI is InChI=1S/C23H18/c1-19-15-17-22(18-16-19)23-14-8-7-13-21(23)12-6-5-11-20-9-3-2-4-10-20/h2-4,6-10,12-18H,1H3. The summed E-state index contributed by atoms with van der Waals surface area (Å²) >= 11 is 0. The maximum absolute atomic E-state index is 3.14. The number of rotatable bonds is 2. The Morgan fingerprint density at radius 3 is 2.22 bits per heavy atom. The van der Waals surface area contributed by atoms with Crippen LogP contribution in [0.15, 0.2) is 84.9 Å². The van der Waals surface area contributed by atoms with Crippen LogP contribution >= 0.6 is 0 Å². The lowest BCUT2D eigenvalue weighted by atomic mass is 9.98. The third-order valence-corrected chi connectivity index (χ3v) is 3.66. The maximum Gasteiger partial charge on any atom is 0.0248 e. The minimum Gasteiger partial charge on any atom is -0.0696 e. The molecule has 0 radical (unpaired) electrons. The van der Waals surface area contributed by atoms with E-state index in [1.165, 1.54) is 22.3 Å². The maximum atomic E-state index is 3.14. The SMILES string of the molecule is Cc1ccc(-c2ccccc2C=CC#Cc2ccccc2)cc1. The molecule has 0 heterocycles. The number of hydrogen-bond donors (Lipinski definition) is 0. The largest absolute Gasteiger partial charge is 0.0696 e. The molecule has 0 fully saturated rings. The van der Waals surface area contributed by atoms with Crippen LogP contribution < -0.4 is 0 Å². The summed E-state index contributed by atoms with van der Waals surface area (Å²) in [5.41, 5.74) is 5.94. The van der Waals surface area contributed by atoms with Crippen LogP contribution in [0.4, 0.5) is 0 Å². The van der Waals surface area contributed by atoms with Crippen LogP contribution in [0.25, 0.3) is 17.2 Å². The Balaban J connectivity index is 1.85. The summed E-state index contributed by atoms with van der Waals surface area (Å²) < 4.78 is 0. The molecule has 0 atom stereocenters. The average molecular weight is 294 g/mol. The summed E-state index contributed by atoms with van der Waals surface area (Å²) in [6, 6.07) is 27.0. The lowest BCUT2D eigenvalue weighted by Gasteiger charge is -2.06. The van der Waals surface area contributed by atoms with E-state index < -0.39 is 0 Å². The fourth-order valence-corrected chi connectivity index (χ4v) is 2.42. The van der Waals surface area contributed by atoms with Gasteiger partial charge in [0.05, 0.1) is 0 Å². The highest BCUT2D eigenvalue weighted by Gasteiger charge is 2.01.